The third-order valence-corrected chi connectivity index (χ3v) is 7.01. The van der Waals surface area contributed by atoms with E-state index in [4.69, 9.17) is 0 Å². The lowest BCUT2D eigenvalue weighted by Crippen LogP contribution is -2.31. The highest BCUT2D eigenvalue weighted by Gasteiger charge is 2.22. The van der Waals surface area contributed by atoms with Gasteiger partial charge in [0.25, 0.3) is 0 Å². The average Bonchev–Trinajstić information content (AvgIpc) is 3.15. The Morgan fingerprint density at radius 2 is 1.47 bits per heavy atom. The van der Waals surface area contributed by atoms with Crippen molar-refractivity contribution < 1.29 is 4.57 Å². The zero-order chi connectivity index (χ0) is 23.4. The molecule has 0 amide bonds. The van der Waals surface area contributed by atoms with Gasteiger partial charge in [0.1, 0.15) is 6.54 Å². The Bertz CT molecular complexity index is 1690. The van der Waals surface area contributed by atoms with E-state index in [1.807, 2.05) is 0 Å². The molecule has 0 fully saturated rings. The second-order valence-corrected chi connectivity index (χ2v) is 9.45. The van der Waals surface area contributed by atoms with Crippen molar-refractivity contribution in [2.24, 2.45) is 0 Å². The molecule has 0 radical (unpaired) electrons. The minimum absolute atomic E-state index is 0.956. The topological polar surface area (TPSA) is 8.81 Å². The summed E-state index contributed by atoms with van der Waals surface area (Å²) in [6, 6.07) is 31.2. The Labute approximate surface area is 200 Å². The second-order valence-electron chi connectivity index (χ2n) is 9.45. The number of aryl methyl sites for hydroxylation is 4. The molecule has 166 valence electrons. The van der Waals surface area contributed by atoms with Gasteiger partial charge in [0, 0.05) is 23.5 Å². The smallest absolute Gasteiger partial charge is 0.216 e. The number of pyridine rings is 1. The SMILES string of the molecule is CC[n+]1c2cc3cc(-c4ccccc4)n(-c4ccc(C)cc4)cc3cc2c2cc(C)cc(C)c21. The fourth-order valence-electron chi connectivity index (χ4n) is 5.45. The van der Waals surface area contributed by atoms with Gasteiger partial charge in [-0.2, -0.15) is 4.57 Å². The van der Waals surface area contributed by atoms with Gasteiger partial charge in [-0.05, 0) is 86.0 Å². The molecule has 0 saturated carbocycles. The van der Waals surface area contributed by atoms with E-state index in [2.05, 4.69) is 128 Å². The van der Waals surface area contributed by atoms with Crippen LogP contribution in [0.2, 0.25) is 0 Å². The summed E-state index contributed by atoms with van der Waals surface area (Å²) >= 11 is 0. The van der Waals surface area contributed by atoms with E-state index >= 15 is 0 Å². The molecule has 34 heavy (non-hydrogen) atoms. The Hall–Kier alpha value is -3.91. The molecular weight excluding hydrogens is 412 g/mol. The van der Waals surface area contributed by atoms with E-state index in [1.165, 1.54) is 66.2 Å². The molecule has 0 atom stereocenters. The van der Waals surface area contributed by atoms with Gasteiger partial charge in [-0.15, -0.1) is 0 Å². The molecular formula is C32H29N2+. The van der Waals surface area contributed by atoms with Gasteiger partial charge in [-0.3, -0.25) is 0 Å². The van der Waals surface area contributed by atoms with Crippen molar-refractivity contribution in [3.63, 3.8) is 0 Å². The summed E-state index contributed by atoms with van der Waals surface area (Å²) in [4.78, 5) is 0. The molecule has 2 nitrogen and oxygen atoms in total. The molecule has 0 N–H and O–H groups in total. The van der Waals surface area contributed by atoms with Gasteiger partial charge in [-0.25, -0.2) is 0 Å². The summed E-state index contributed by atoms with van der Waals surface area (Å²) in [6.45, 7) is 9.77. The van der Waals surface area contributed by atoms with Crippen molar-refractivity contribution in [3.8, 4) is 16.9 Å². The van der Waals surface area contributed by atoms with Crippen molar-refractivity contribution in [2.75, 3.05) is 0 Å². The molecule has 0 aliphatic carbocycles. The van der Waals surface area contributed by atoms with Gasteiger partial charge in [-0.1, -0.05) is 48.0 Å². The molecule has 2 heterocycles. The van der Waals surface area contributed by atoms with Gasteiger partial charge >= 0.3 is 0 Å². The van der Waals surface area contributed by atoms with Crippen molar-refractivity contribution in [1.29, 1.82) is 0 Å². The first-order valence-electron chi connectivity index (χ1n) is 12.1. The van der Waals surface area contributed by atoms with Crippen molar-refractivity contribution in [2.45, 2.75) is 34.2 Å². The lowest BCUT2D eigenvalue weighted by Gasteiger charge is -2.16. The molecule has 0 aliphatic heterocycles. The lowest BCUT2D eigenvalue weighted by molar-refractivity contribution is -0.640. The van der Waals surface area contributed by atoms with Crippen LogP contribution < -0.4 is 4.57 Å². The predicted octanol–water partition coefficient (Wildman–Crippen LogP) is 7.84. The van der Waals surface area contributed by atoms with Crippen molar-refractivity contribution >= 4 is 32.6 Å². The normalized spacial score (nSPS) is 11.6. The Kier molecular flexibility index (Phi) is 4.77. The quantitative estimate of drug-likeness (QED) is 0.247. The number of hydrogen-bond acceptors (Lipinski definition) is 0. The van der Waals surface area contributed by atoms with Crippen molar-refractivity contribution in [1.82, 2.24) is 4.57 Å². The number of nitrogens with zero attached hydrogens (tertiary/aromatic N) is 2. The Balaban J connectivity index is 1.72. The molecule has 0 aliphatic rings. The maximum Gasteiger partial charge on any atom is 0.216 e. The van der Waals surface area contributed by atoms with E-state index in [-0.39, 0.29) is 0 Å². The highest BCUT2D eigenvalue weighted by molar-refractivity contribution is 6.10. The number of aromatic nitrogens is 2. The zero-order valence-electron chi connectivity index (χ0n) is 20.3. The predicted molar refractivity (Wildman–Crippen MR) is 144 cm³/mol. The van der Waals surface area contributed by atoms with E-state index in [0.717, 1.165) is 6.54 Å². The van der Waals surface area contributed by atoms with E-state index in [1.54, 1.807) is 0 Å². The summed E-state index contributed by atoms with van der Waals surface area (Å²) in [5.41, 5.74) is 10.2. The maximum atomic E-state index is 2.47. The summed E-state index contributed by atoms with van der Waals surface area (Å²) in [5.74, 6) is 0. The van der Waals surface area contributed by atoms with Crippen LogP contribution in [0.4, 0.5) is 0 Å². The number of fused-ring (bicyclic) bond motifs is 4. The van der Waals surface area contributed by atoms with E-state index in [0.29, 0.717) is 0 Å². The molecule has 0 saturated heterocycles. The number of benzene rings is 4. The van der Waals surface area contributed by atoms with Crippen LogP contribution in [0, 0.1) is 20.8 Å². The van der Waals surface area contributed by atoms with E-state index in [9.17, 15) is 0 Å². The minimum atomic E-state index is 0.956. The summed E-state index contributed by atoms with van der Waals surface area (Å²) in [5, 5.41) is 5.20. The first kappa shape index (κ1) is 20.7. The largest absolute Gasteiger partial charge is 0.316 e. The molecule has 4 aromatic carbocycles. The third-order valence-electron chi connectivity index (χ3n) is 7.01. The maximum absolute atomic E-state index is 2.47. The molecule has 0 spiro atoms. The highest BCUT2D eigenvalue weighted by Crippen LogP contribution is 2.34. The molecule has 6 rings (SSSR count). The van der Waals surface area contributed by atoms with Crippen LogP contribution in [-0.2, 0) is 6.54 Å². The van der Waals surface area contributed by atoms with Crippen LogP contribution in [0.1, 0.15) is 23.6 Å². The average molecular weight is 442 g/mol. The van der Waals surface area contributed by atoms with Crippen LogP contribution in [0.25, 0.3) is 49.5 Å². The fourth-order valence-corrected chi connectivity index (χ4v) is 5.45. The minimum Gasteiger partial charge on any atom is -0.316 e. The summed E-state index contributed by atoms with van der Waals surface area (Å²) < 4.78 is 4.81. The Morgan fingerprint density at radius 3 is 2.21 bits per heavy atom. The third kappa shape index (κ3) is 3.21. The van der Waals surface area contributed by atoms with Gasteiger partial charge < -0.3 is 4.57 Å². The van der Waals surface area contributed by atoms with Crippen LogP contribution in [0.15, 0.2) is 91.1 Å². The molecule has 0 bridgehead atoms. The molecule has 0 unspecified atom stereocenters. The van der Waals surface area contributed by atoms with Gasteiger partial charge in [0.05, 0.1) is 16.5 Å². The number of hydrogen-bond donors (Lipinski definition) is 0. The van der Waals surface area contributed by atoms with Crippen LogP contribution in [-0.4, -0.2) is 4.57 Å². The summed E-state index contributed by atoms with van der Waals surface area (Å²) in [7, 11) is 0. The molecule has 2 aromatic heterocycles. The Morgan fingerprint density at radius 1 is 0.706 bits per heavy atom. The van der Waals surface area contributed by atoms with Crippen molar-refractivity contribution in [3.05, 3.63) is 108 Å². The van der Waals surface area contributed by atoms with Crippen LogP contribution >= 0.6 is 0 Å². The molecule has 2 heteroatoms. The van der Waals surface area contributed by atoms with E-state index < -0.39 is 0 Å². The van der Waals surface area contributed by atoms with Gasteiger partial charge in [0.15, 0.2) is 0 Å². The monoisotopic (exact) mass is 441 g/mol. The highest BCUT2D eigenvalue weighted by atomic mass is 15.0. The first-order valence-corrected chi connectivity index (χ1v) is 12.1. The lowest BCUT2D eigenvalue weighted by atomic mass is 10.0. The second kappa shape index (κ2) is 7.85. The first-order chi connectivity index (χ1) is 16.5. The summed E-state index contributed by atoms with van der Waals surface area (Å²) in [6.07, 6.45) is 2.31. The standard InChI is InChI=1S/C32H29N2/c1-5-33-31-19-25-18-30(24-9-7-6-8-10-24)34(27-13-11-21(2)12-14-27)20-26(25)17-28(31)29-16-22(3)15-23(4)32(29)33/h6-20H,5H2,1-4H3/q+1. The van der Waals surface area contributed by atoms with Crippen LogP contribution in [0.5, 0.6) is 0 Å². The number of rotatable bonds is 3. The molecule has 6 aromatic rings. The van der Waals surface area contributed by atoms with Crippen LogP contribution in [0.3, 0.4) is 0 Å². The van der Waals surface area contributed by atoms with Gasteiger partial charge in [0.2, 0.25) is 11.0 Å². The zero-order valence-corrected chi connectivity index (χ0v) is 20.3. The fraction of sp³-hybridized carbons (Fsp3) is 0.156.